The number of para-hydroxylation sites is 2. The van der Waals surface area contributed by atoms with Gasteiger partial charge in [-0.15, -0.1) is 16.4 Å². The van der Waals surface area contributed by atoms with Gasteiger partial charge in [0.1, 0.15) is 16.2 Å². The Hall–Kier alpha value is -3.31. The van der Waals surface area contributed by atoms with E-state index in [2.05, 4.69) is 34.6 Å². The van der Waals surface area contributed by atoms with Gasteiger partial charge in [0, 0.05) is 0 Å². The van der Waals surface area contributed by atoms with E-state index in [1.165, 1.54) is 0 Å². The van der Waals surface area contributed by atoms with E-state index in [1.54, 1.807) is 11.3 Å². The minimum atomic E-state index is 0.868. The Morgan fingerprint density at radius 1 is 0.808 bits per heavy atom. The van der Waals surface area contributed by atoms with Crippen LogP contribution in [-0.2, 0) is 0 Å². The molecule has 0 aliphatic heterocycles. The molecule has 124 valence electrons. The highest BCUT2D eigenvalue weighted by atomic mass is 32.1. The average Bonchev–Trinajstić information content (AvgIpc) is 3.31. The fourth-order valence-electron chi connectivity index (χ4n) is 2.95. The standard InChI is InChI=1S/C21H14N4S/c1-2-8-15(9-3-1)14-19(21-22-17-11-5-7-13-20(17)26-21)25-18-12-6-4-10-16(18)23-24-25/h1-14H. The first-order valence-corrected chi connectivity index (χ1v) is 9.14. The summed E-state index contributed by atoms with van der Waals surface area (Å²) in [6.45, 7) is 0. The van der Waals surface area contributed by atoms with Crippen LogP contribution in [0, 0.1) is 0 Å². The summed E-state index contributed by atoms with van der Waals surface area (Å²) in [5.41, 5.74) is 4.85. The maximum absolute atomic E-state index is 4.83. The molecule has 0 N–H and O–H groups in total. The van der Waals surface area contributed by atoms with Crippen LogP contribution in [0.4, 0.5) is 0 Å². The Morgan fingerprint density at radius 2 is 1.54 bits per heavy atom. The van der Waals surface area contributed by atoms with Crippen molar-refractivity contribution >= 4 is 44.4 Å². The summed E-state index contributed by atoms with van der Waals surface area (Å²) in [5.74, 6) is 0. The van der Waals surface area contributed by atoms with Crippen molar-refractivity contribution in [1.29, 1.82) is 0 Å². The quantitative estimate of drug-likeness (QED) is 0.453. The van der Waals surface area contributed by atoms with Crippen molar-refractivity contribution in [3.63, 3.8) is 0 Å². The van der Waals surface area contributed by atoms with Gasteiger partial charge in [-0.1, -0.05) is 59.8 Å². The van der Waals surface area contributed by atoms with E-state index in [1.807, 2.05) is 65.3 Å². The third-order valence-electron chi connectivity index (χ3n) is 4.20. The molecular formula is C21H14N4S. The van der Waals surface area contributed by atoms with E-state index in [0.29, 0.717) is 0 Å². The molecule has 0 saturated heterocycles. The van der Waals surface area contributed by atoms with Gasteiger partial charge < -0.3 is 0 Å². The lowest BCUT2D eigenvalue weighted by molar-refractivity contribution is 0.842. The lowest BCUT2D eigenvalue weighted by Gasteiger charge is -2.06. The number of fused-ring (bicyclic) bond motifs is 2. The zero-order valence-electron chi connectivity index (χ0n) is 13.8. The SMILES string of the molecule is C(=C(c1nc2ccccc2s1)n1nnc2ccccc21)c1ccccc1. The van der Waals surface area contributed by atoms with Crippen LogP contribution in [0.5, 0.6) is 0 Å². The minimum absolute atomic E-state index is 0.868. The van der Waals surface area contributed by atoms with E-state index >= 15 is 0 Å². The van der Waals surface area contributed by atoms with Crippen LogP contribution in [0.15, 0.2) is 78.9 Å². The lowest BCUT2D eigenvalue weighted by atomic mass is 10.2. The normalized spacial score (nSPS) is 12.1. The lowest BCUT2D eigenvalue weighted by Crippen LogP contribution is -2.01. The molecule has 0 amide bonds. The fourth-order valence-corrected chi connectivity index (χ4v) is 3.92. The van der Waals surface area contributed by atoms with Crippen LogP contribution < -0.4 is 0 Å². The molecule has 3 aromatic carbocycles. The number of hydrogen-bond acceptors (Lipinski definition) is 4. The molecule has 2 heterocycles. The molecule has 0 aliphatic rings. The zero-order chi connectivity index (χ0) is 17.3. The van der Waals surface area contributed by atoms with Crippen LogP contribution >= 0.6 is 11.3 Å². The van der Waals surface area contributed by atoms with E-state index in [9.17, 15) is 0 Å². The molecule has 5 rings (SSSR count). The predicted molar refractivity (Wildman–Crippen MR) is 107 cm³/mol. The van der Waals surface area contributed by atoms with Crippen molar-refractivity contribution in [3.8, 4) is 0 Å². The minimum Gasteiger partial charge on any atom is -0.234 e. The van der Waals surface area contributed by atoms with E-state index < -0.39 is 0 Å². The smallest absolute Gasteiger partial charge is 0.143 e. The molecule has 0 unspecified atom stereocenters. The fraction of sp³-hybridized carbons (Fsp3) is 0. The van der Waals surface area contributed by atoms with E-state index in [0.717, 1.165) is 37.5 Å². The zero-order valence-corrected chi connectivity index (χ0v) is 14.6. The summed E-state index contributed by atoms with van der Waals surface area (Å²) < 4.78 is 3.03. The highest BCUT2D eigenvalue weighted by Gasteiger charge is 2.15. The van der Waals surface area contributed by atoms with Crippen LogP contribution in [0.2, 0.25) is 0 Å². The third-order valence-corrected chi connectivity index (χ3v) is 5.25. The Kier molecular flexibility index (Phi) is 3.57. The van der Waals surface area contributed by atoms with Crippen molar-refractivity contribution in [1.82, 2.24) is 20.0 Å². The topological polar surface area (TPSA) is 43.6 Å². The summed E-state index contributed by atoms with van der Waals surface area (Å²) in [6, 6.07) is 26.4. The number of nitrogens with zero attached hydrogens (tertiary/aromatic N) is 4. The molecule has 26 heavy (non-hydrogen) atoms. The predicted octanol–water partition coefficient (Wildman–Crippen LogP) is 5.09. The molecule has 5 heteroatoms. The number of aromatic nitrogens is 4. The monoisotopic (exact) mass is 354 g/mol. The third kappa shape index (κ3) is 2.59. The highest BCUT2D eigenvalue weighted by molar-refractivity contribution is 7.19. The molecule has 0 atom stereocenters. The van der Waals surface area contributed by atoms with Crippen molar-refractivity contribution in [2.45, 2.75) is 0 Å². The number of benzene rings is 3. The number of thiazole rings is 1. The van der Waals surface area contributed by atoms with E-state index in [-0.39, 0.29) is 0 Å². The van der Waals surface area contributed by atoms with Crippen molar-refractivity contribution in [2.24, 2.45) is 0 Å². The largest absolute Gasteiger partial charge is 0.234 e. The Morgan fingerprint density at radius 3 is 2.38 bits per heavy atom. The van der Waals surface area contributed by atoms with Gasteiger partial charge in [0.2, 0.25) is 0 Å². The first-order valence-electron chi connectivity index (χ1n) is 8.32. The maximum Gasteiger partial charge on any atom is 0.143 e. The second-order valence-corrected chi connectivity index (χ2v) is 6.95. The first kappa shape index (κ1) is 15.0. The molecule has 0 fully saturated rings. The molecule has 4 nitrogen and oxygen atoms in total. The summed E-state index contributed by atoms with van der Waals surface area (Å²) in [7, 11) is 0. The molecule has 0 radical (unpaired) electrons. The molecule has 0 saturated carbocycles. The van der Waals surface area contributed by atoms with Crippen LogP contribution in [0.25, 0.3) is 33.0 Å². The molecule has 0 bridgehead atoms. The summed E-state index contributed by atoms with van der Waals surface area (Å²) in [6.07, 6.45) is 2.11. The van der Waals surface area contributed by atoms with Crippen LogP contribution in [-0.4, -0.2) is 20.0 Å². The molecule has 0 aliphatic carbocycles. The summed E-state index contributed by atoms with van der Waals surface area (Å²) in [4.78, 5) is 4.83. The Balaban J connectivity index is 1.77. The van der Waals surface area contributed by atoms with Crippen LogP contribution in [0.3, 0.4) is 0 Å². The van der Waals surface area contributed by atoms with Gasteiger partial charge in [-0.05, 0) is 35.9 Å². The summed E-state index contributed by atoms with van der Waals surface area (Å²) in [5, 5.41) is 9.63. The van der Waals surface area contributed by atoms with Gasteiger partial charge in [0.15, 0.2) is 0 Å². The van der Waals surface area contributed by atoms with Gasteiger partial charge in [-0.25, -0.2) is 9.67 Å². The van der Waals surface area contributed by atoms with Gasteiger partial charge in [-0.2, -0.15) is 0 Å². The average molecular weight is 354 g/mol. The summed E-state index contributed by atoms with van der Waals surface area (Å²) >= 11 is 1.66. The van der Waals surface area contributed by atoms with Crippen molar-refractivity contribution in [2.75, 3.05) is 0 Å². The maximum atomic E-state index is 4.83. The first-order chi connectivity index (χ1) is 12.9. The Bertz CT molecular complexity index is 1200. The van der Waals surface area contributed by atoms with E-state index in [4.69, 9.17) is 4.98 Å². The molecule has 5 aromatic rings. The van der Waals surface area contributed by atoms with Crippen molar-refractivity contribution < 1.29 is 0 Å². The molecular weight excluding hydrogens is 340 g/mol. The van der Waals surface area contributed by atoms with Gasteiger partial charge in [0.25, 0.3) is 0 Å². The van der Waals surface area contributed by atoms with Gasteiger partial charge >= 0.3 is 0 Å². The van der Waals surface area contributed by atoms with Crippen molar-refractivity contribution in [3.05, 3.63) is 89.4 Å². The molecule has 2 aromatic heterocycles. The van der Waals surface area contributed by atoms with Crippen LogP contribution in [0.1, 0.15) is 10.6 Å². The Labute approximate surface area is 154 Å². The molecule has 0 spiro atoms. The number of rotatable bonds is 3. The highest BCUT2D eigenvalue weighted by Crippen LogP contribution is 2.30. The second-order valence-electron chi connectivity index (χ2n) is 5.92. The van der Waals surface area contributed by atoms with Gasteiger partial charge in [-0.3, -0.25) is 0 Å². The number of hydrogen-bond donors (Lipinski definition) is 0. The second kappa shape index (κ2) is 6.20. The van der Waals surface area contributed by atoms with Gasteiger partial charge in [0.05, 0.1) is 15.7 Å².